The van der Waals surface area contributed by atoms with E-state index in [1.165, 1.54) is 25.9 Å². The first-order chi connectivity index (χ1) is 19.4. The first-order valence-electron chi connectivity index (χ1n) is 14.4. The Bertz CT molecular complexity index is 699. The van der Waals surface area contributed by atoms with E-state index in [0.717, 1.165) is 13.0 Å². The largest absolute Gasteiger partial charge is 2.00 e. The van der Waals surface area contributed by atoms with Crippen LogP contribution in [0.1, 0.15) is 53.9 Å². The van der Waals surface area contributed by atoms with Crippen LogP contribution in [-0.2, 0) is 18.9 Å². The maximum atomic E-state index is 10.3. The average molecular weight is 1070 g/mol. The molecule has 12 unspecified atom stereocenters. The minimum absolute atomic E-state index is 0. The third kappa shape index (κ3) is 13.2. The average Bonchev–Trinajstić information content (AvgIpc) is 2.97. The number of methoxy groups -OCH3 is 1. The maximum absolute atomic E-state index is 10.3. The second-order valence-electron chi connectivity index (χ2n) is 11.0. The van der Waals surface area contributed by atoms with E-state index < -0.39 is 60.5 Å². The van der Waals surface area contributed by atoms with Gasteiger partial charge in [0.05, 0.1) is 24.4 Å². The van der Waals surface area contributed by atoms with Crippen LogP contribution in [0.4, 0.5) is 0 Å². The van der Waals surface area contributed by atoms with Crippen LogP contribution >= 0.6 is 0 Å². The molecule has 250 valence electrons. The number of ether oxygens (including phenoxy) is 4. The summed E-state index contributed by atoms with van der Waals surface area (Å²) in [5.74, 6) is 1.19. The van der Waals surface area contributed by atoms with Gasteiger partial charge in [-0.05, 0) is 44.6 Å². The molecule has 0 aromatic rings. The number of hydrogen-bond acceptors (Lipinski definition) is 12. The molecule has 0 radical (unpaired) electrons. The summed E-state index contributed by atoms with van der Waals surface area (Å²) in [6.45, 7) is 9.86. The maximum Gasteiger partial charge on any atom is 2.00 e. The molecule has 12 atom stereocenters. The van der Waals surface area contributed by atoms with Gasteiger partial charge in [-0.25, -0.2) is 6.61 Å². The van der Waals surface area contributed by atoms with Crippen LogP contribution in [-0.4, -0.2) is 136 Å². The SMILES string of the molecule is CCC(C)(OC([CH-]CO)C(O)C[CH-]O)C1OC(CO)[CH-]C(O)C1NC.CC[C-](C)C1OC(CO)C(OC)C(O)C1C.[U+2].[U+2]. The van der Waals surface area contributed by atoms with Gasteiger partial charge in [-0.2, -0.15) is 13.3 Å². The van der Waals surface area contributed by atoms with Crippen molar-refractivity contribution >= 4 is 0 Å². The zero-order valence-corrected chi connectivity index (χ0v) is 34.9. The van der Waals surface area contributed by atoms with Crippen molar-refractivity contribution in [3.63, 3.8) is 0 Å². The smallest absolute Gasteiger partial charge is 0.566 e. The topological polar surface area (TPSA) is 191 Å². The molecule has 0 bridgehead atoms. The van der Waals surface area contributed by atoms with Crippen molar-refractivity contribution < 1.29 is 117 Å². The van der Waals surface area contributed by atoms with Crippen molar-refractivity contribution in [3.8, 4) is 0 Å². The Hall–Kier alpha value is 1.62. The Balaban J connectivity index is 0. The predicted octanol–water partition coefficient (Wildman–Crippen LogP) is -0.302. The van der Waals surface area contributed by atoms with E-state index in [4.69, 9.17) is 24.1 Å². The van der Waals surface area contributed by atoms with Gasteiger partial charge in [0.15, 0.2) is 0 Å². The van der Waals surface area contributed by atoms with E-state index >= 15 is 0 Å². The predicted molar refractivity (Wildman–Crippen MR) is 152 cm³/mol. The molecule has 2 saturated heterocycles. The summed E-state index contributed by atoms with van der Waals surface area (Å²) in [6, 6.07) is -0.468. The second kappa shape index (κ2) is 23.9. The van der Waals surface area contributed by atoms with Crippen molar-refractivity contribution in [2.75, 3.05) is 34.0 Å². The summed E-state index contributed by atoms with van der Waals surface area (Å²) in [4.78, 5) is 0. The third-order valence-corrected chi connectivity index (χ3v) is 8.25. The molecule has 2 aliphatic rings. The molecular formula is C29H55NO11U2. The Morgan fingerprint density at radius 3 is 2.19 bits per heavy atom. The molecular weight excluding hydrogens is 1010 g/mol. The number of nitrogens with one attached hydrogen (secondary N) is 1. The van der Waals surface area contributed by atoms with E-state index in [2.05, 4.69) is 12.2 Å². The normalized spacial score (nSPS) is 33.7. The van der Waals surface area contributed by atoms with Gasteiger partial charge in [0.25, 0.3) is 0 Å². The summed E-state index contributed by atoms with van der Waals surface area (Å²) in [6.07, 6.45) is -1.21. The van der Waals surface area contributed by atoms with E-state index in [1.807, 2.05) is 20.8 Å². The van der Waals surface area contributed by atoms with E-state index in [0.29, 0.717) is 6.42 Å². The van der Waals surface area contributed by atoms with Gasteiger partial charge in [-0.3, -0.25) is 18.8 Å². The summed E-state index contributed by atoms with van der Waals surface area (Å²) in [7, 11) is 3.23. The molecule has 2 heterocycles. The van der Waals surface area contributed by atoms with Crippen LogP contribution in [0.2, 0.25) is 0 Å². The van der Waals surface area contributed by atoms with Gasteiger partial charge < -0.3 is 60.0 Å². The molecule has 0 amide bonds. The van der Waals surface area contributed by atoms with Crippen LogP contribution in [0.5, 0.6) is 0 Å². The third-order valence-electron chi connectivity index (χ3n) is 8.25. The summed E-state index contributed by atoms with van der Waals surface area (Å²) in [5, 5.41) is 70.4. The van der Waals surface area contributed by atoms with Gasteiger partial charge in [-0.15, -0.1) is 6.42 Å². The molecule has 0 saturated carbocycles. The van der Waals surface area contributed by atoms with Crippen molar-refractivity contribution in [1.29, 1.82) is 0 Å². The van der Waals surface area contributed by atoms with E-state index in [9.17, 15) is 30.6 Å². The van der Waals surface area contributed by atoms with E-state index in [1.54, 1.807) is 14.0 Å². The Morgan fingerprint density at radius 1 is 1.12 bits per heavy atom. The van der Waals surface area contributed by atoms with Crippen LogP contribution in [0.15, 0.2) is 0 Å². The Labute approximate surface area is 305 Å². The van der Waals surface area contributed by atoms with Crippen molar-refractivity contribution in [3.05, 3.63) is 25.4 Å². The number of aliphatic hydroxyl groups is 7. The monoisotopic (exact) mass is 1070 g/mol. The van der Waals surface area contributed by atoms with Gasteiger partial charge in [-0.1, -0.05) is 33.5 Å². The van der Waals surface area contributed by atoms with Crippen LogP contribution in [0.3, 0.4) is 0 Å². The number of rotatable bonds is 15. The van der Waals surface area contributed by atoms with Crippen LogP contribution in [0, 0.1) is 93.5 Å². The van der Waals surface area contributed by atoms with Crippen LogP contribution < -0.4 is 5.32 Å². The van der Waals surface area contributed by atoms with Crippen LogP contribution in [0.25, 0.3) is 0 Å². The number of aliphatic hydroxyl groups excluding tert-OH is 7. The molecule has 43 heavy (non-hydrogen) atoms. The van der Waals surface area contributed by atoms with Gasteiger partial charge >= 0.3 is 62.2 Å². The van der Waals surface area contributed by atoms with Crippen molar-refractivity contribution in [1.82, 2.24) is 5.32 Å². The molecule has 8 N–H and O–H groups in total. The van der Waals surface area contributed by atoms with Crippen molar-refractivity contribution in [2.45, 2.75) is 120 Å². The van der Waals surface area contributed by atoms with Gasteiger partial charge in [0, 0.05) is 25.9 Å². The molecule has 0 aromatic carbocycles. The minimum Gasteiger partial charge on any atom is -0.566 e. The molecule has 2 fully saturated rings. The van der Waals surface area contributed by atoms with Gasteiger partial charge in [0.1, 0.15) is 12.2 Å². The number of hydrogen-bond donors (Lipinski definition) is 8. The van der Waals surface area contributed by atoms with E-state index in [-0.39, 0.29) is 100 Å². The van der Waals surface area contributed by atoms with Crippen molar-refractivity contribution in [2.24, 2.45) is 5.92 Å². The minimum atomic E-state index is -1.04. The fourth-order valence-corrected chi connectivity index (χ4v) is 5.37. The zero-order chi connectivity index (χ0) is 31.3. The first kappa shape index (κ1) is 46.7. The standard InChI is InChI=1S/C17H32NO7.C12H23O4.2U/c1-4-17(2,25-14(6-8-20)12(22)5-7-19)16-15(18-3)13(23)9-11(10-21)24-16;1-5-7(2)11-8(3)10(14)12(15-4)9(6-13)16-11;;/h6-7,9,11-16,18-23H,4-5,8,10H2,1-3H3;8-14H,5-6H2,1-4H3;;/q-3;-1;2*+2. The fourth-order valence-electron chi connectivity index (χ4n) is 5.37. The second-order valence-corrected chi connectivity index (χ2v) is 11.0. The Kier molecular flexibility index (Phi) is 25.9. The number of likely N-dealkylation sites (N-methyl/N-ethyl adjacent to an activating group) is 1. The first-order valence-corrected chi connectivity index (χ1v) is 14.4. The molecule has 2 rings (SSSR count). The molecule has 0 spiro atoms. The zero-order valence-electron chi connectivity index (χ0n) is 26.6. The quantitative estimate of drug-likeness (QED) is 0.100. The van der Waals surface area contributed by atoms with Gasteiger partial charge in [0.2, 0.25) is 0 Å². The molecule has 0 aliphatic carbocycles. The summed E-state index contributed by atoms with van der Waals surface area (Å²) < 4.78 is 23.0. The Morgan fingerprint density at radius 2 is 1.74 bits per heavy atom. The summed E-state index contributed by atoms with van der Waals surface area (Å²) >= 11 is 0. The molecule has 0 aromatic heterocycles. The summed E-state index contributed by atoms with van der Waals surface area (Å²) in [5.41, 5.74) is -0.927. The molecule has 2 aliphatic heterocycles. The molecule has 14 heteroatoms. The molecule has 12 nitrogen and oxygen atoms in total. The fraction of sp³-hybridized carbons (Fsp3) is 0.862.